The molecule has 8 heteroatoms. The standard InChI is InChI=1S/C21H23N5O2S/c1-13-17(19(27)23-15-7-5-4-6-8-15)18(14-9-11-16(28-2)12-10-14)26-20(22-13)24-21(25-26)29-3/h4-13,17-18H,1-3H3,(H,23,27)(H,22,24,25)/t13-,17+,18-/m1/s1. The molecule has 0 aliphatic carbocycles. The highest BCUT2D eigenvalue weighted by Gasteiger charge is 2.42. The quantitative estimate of drug-likeness (QED) is 0.626. The first-order valence-corrected chi connectivity index (χ1v) is 10.6. The molecule has 0 saturated heterocycles. The number of fused-ring (bicyclic) bond motifs is 1. The first kappa shape index (κ1) is 19.3. The van der Waals surface area contributed by atoms with Crippen LogP contribution in [0.4, 0.5) is 11.6 Å². The highest BCUT2D eigenvalue weighted by molar-refractivity contribution is 7.98. The normalized spacial score (nSPS) is 20.4. The van der Waals surface area contributed by atoms with Crippen molar-refractivity contribution in [1.82, 2.24) is 14.8 Å². The second kappa shape index (κ2) is 8.16. The third-order valence-corrected chi connectivity index (χ3v) is 5.63. The lowest BCUT2D eigenvalue weighted by atomic mass is 9.85. The number of hydrogen-bond acceptors (Lipinski definition) is 6. The zero-order valence-electron chi connectivity index (χ0n) is 16.5. The van der Waals surface area contributed by atoms with E-state index in [0.29, 0.717) is 11.1 Å². The molecule has 0 bridgehead atoms. The molecule has 150 valence electrons. The Morgan fingerprint density at radius 3 is 2.55 bits per heavy atom. The summed E-state index contributed by atoms with van der Waals surface area (Å²) in [7, 11) is 1.64. The van der Waals surface area contributed by atoms with Gasteiger partial charge in [0.15, 0.2) is 0 Å². The van der Waals surface area contributed by atoms with Crippen LogP contribution < -0.4 is 15.4 Å². The Labute approximate surface area is 173 Å². The molecule has 2 N–H and O–H groups in total. The van der Waals surface area contributed by atoms with Crippen molar-refractivity contribution in [3.8, 4) is 5.75 Å². The van der Waals surface area contributed by atoms with E-state index in [1.54, 1.807) is 7.11 Å². The van der Waals surface area contributed by atoms with Crippen LogP contribution >= 0.6 is 11.8 Å². The Bertz CT molecular complexity index is 990. The fourth-order valence-corrected chi connectivity index (χ4v) is 4.02. The number of anilines is 2. The van der Waals surface area contributed by atoms with Gasteiger partial charge in [-0.2, -0.15) is 4.98 Å². The molecule has 1 aliphatic heterocycles. The van der Waals surface area contributed by atoms with Crippen molar-refractivity contribution in [3.63, 3.8) is 0 Å². The maximum atomic E-state index is 13.3. The molecule has 0 unspecified atom stereocenters. The van der Waals surface area contributed by atoms with E-state index >= 15 is 0 Å². The van der Waals surface area contributed by atoms with E-state index in [4.69, 9.17) is 4.74 Å². The minimum atomic E-state index is -0.382. The molecule has 1 aliphatic rings. The molecule has 4 rings (SSSR count). The average Bonchev–Trinajstić information content (AvgIpc) is 3.16. The van der Waals surface area contributed by atoms with Gasteiger partial charge in [0, 0.05) is 11.7 Å². The van der Waals surface area contributed by atoms with E-state index in [1.165, 1.54) is 11.8 Å². The zero-order chi connectivity index (χ0) is 20.4. The van der Waals surface area contributed by atoms with Gasteiger partial charge in [0.05, 0.1) is 19.1 Å². The van der Waals surface area contributed by atoms with Crippen LogP contribution in [0.15, 0.2) is 59.8 Å². The van der Waals surface area contributed by atoms with Crippen LogP contribution in [0.3, 0.4) is 0 Å². The van der Waals surface area contributed by atoms with Crippen molar-refractivity contribution in [3.05, 3.63) is 60.2 Å². The number of carbonyl (C=O) groups excluding carboxylic acids is 1. The topological polar surface area (TPSA) is 81.1 Å². The smallest absolute Gasteiger partial charge is 0.232 e. The Morgan fingerprint density at radius 1 is 1.17 bits per heavy atom. The van der Waals surface area contributed by atoms with Crippen molar-refractivity contribution in [2.75, 3.05) is 24.0 Å². The van der Waals surface area contributed by atoms with E-state index in [-0.39, 0.29) is 23.9 Å². The molecule has 1 aromatic heterocycles. The van der Waals surface area contributed by atoms with E-state index in [1.807, 2.05) is 72.5 Å². The third-order valence-electron chi connectivity index (χ3n) is 5.09. The Morgan fingerprint density at radius 2 is 1.90 bits per heavy atom. The second-order valence-electron chi connectivity index (χ2n) is 6.90. The number of carbonyl (C=O) groups is 1. The van der Waals surface area contributed by atoms with E-state index < -0.39 is 0 Å². The van der Waals surface area contributed by atoms with Gasteiger partial charge in [-0.1, -0.05) is 42.1 Å². The van der Waals surface area contributed by atoms with Gasteiger partial charge in [0.25, 0.3) is 0 Å². The summed E-state index contributed by atoms with van der Waals surface area (Å²) in [5.74, 6) is 0.993. The summed E-state index contributed by atoms with van der Waals surface area (Å²) in [5.41, 5.74) is 1.75. The predicted molar refractivity (Wildman–Crippen MR) is 115 cm³/mol. The minimum Gasteiger partial charge on any atom is -0.497 e. The van der Waals surface area contributed by atoms with Crippen LogP contribution in [0.1, 0.15) is 18.5 Å². The number of rotatable bonds is 5. The summed E-state index contributed by atoms with van der Waals surface area (Å²) in [5, 5.41) is 11.7. The van der Waals surface area contributed by atoms with Crippen LogP contribution in [0.2, 0.25) is 0 Å². The Kier molecular flexibility index (Phi) is 5.44. The van der Waals surface area contributed by atoms with Gasteiger partial charge in [0.2, 0.25) is 17.0 Å². The molecule has 3 atom stereocenters. The molecule has 29 heavy (non-hydrogen) atoms. The molecule has 1 amide bonds. The van der Waals surface area contributed by atoms with Crippen molar-refractivity contribution in [2.45, 2.75) is 24.2 Å². The molecular formula is C21H23N5O2S. The molecule has 2 heterocycles. The first-order chi connectivity index (χ1) is 14.1. The minimum absolute atomic E-state index is 0.0659. The van der Waals surface area contributed by atoms with Crippen LogP contribution in [-0.2, 0) is 4.79 Å². The largest absolute Gasteiger partial charge is 0.497 e. The molecule has 7 nitrogen and oxygen atoms in total. The van der Waals surface area contributed by atoms with Crippen molar-refractivity contribution in [2.24, 2.45) is 5.92 Å². The third kappa shape index (κ3) is 3.80. The average molecular weight is 410 g/mol. The van der Waals surface area contributed by atoms with Gasteiger partial charge in [-0.05, 0) is 43.0 Å². The lowest BCUT2D eigenvalue weighted by Crippen LogP contribution is -2.46. The molecule has 2 aromatic carbocycles. The number of amides is 1. The van der Waals surface area contributed by atoms with Crippen LogP contribution in [0, 0.1) is 5.92 Å². The van der Waals surface area contributed by atoms with Crippen LogP contribution in [0.25, 0.3) is 0 Å². The highest BCUT2D eigenvalue weighted by Crippen LogP contribution is 2.38. The SMILES string of the molecule is COc1ccc([C@@H]2[C@@H](C(=O)Nc3ccccc3)[C@@H](C)Nc3nc(SC)nn32)cc1. The Hall–Kier alpha value is -3.00. The lowest BCUT2D eigenvalue weighted by Gasteiger charge is -2.36. The first-order valence-electron chi connectivity index (χ1n) is 9.37. The number of aromatic nitrogens is 3. The molecule has 0 fully saturated rings. The van der Waals surface area contributed by atoms with E-state index in [0.717, 1.165) is 17.0 Å². The fourth-order valence-electron chi connectivity index (χ4n) is 3.67. The second-order valence-corrected chi connectivity index (χ2v) is 7.67. The van der Waals surface area contributed by atoms with E-state index in [2.05, 4.69) is 20.7 Å². The van der Waals surface area contributed by atoms with Gasteiger partial charge in [-0.25, -0.2) is 4.68 Å². The number of benzene rings is 2. The summed E-state index contributed by atoms with van der Waals surface area (Å²) >= 11 is 1.48. The fraction of sp³-hybridized carbons (Fsp3) is 0.286. The molecule has 3 aromatic rings. The van der Waals surface area contributed by atoms with Gasteiger partial charge in [-0.15, -0.1) is 5.10 Å². The summed E-state index contributed by atoms with van der Waals surface area (Å²) in [6.07, 6.45) is 1.94. The monoisotopic (exact) mass is 409 g/mol. The van der Waals surface area contributed by atoms with E-state index in [9.17, 15) is 4.79 Å². The van der Waals surface area contributed by atoms with Gasteiger partial charge >= 0.3 is 0 Å². The summed E-state index contributed by atoms with van der Waals surface area (Å²) < 4.78 is 7.11. The summed E-state index contributed by atoms with van der Waals surface area (Å²) in [6.45, 7) is 2.00. The Balaban J connectivity index is 1.75. The maximum Gasteiger partial charge on any atom is 0.232 e. The predicted octanol–water partition coefficient (Wildman–Crippen LogP) is 3.67. The van der Waals surface area contributed by atoms with Crippen LogP contribution in [-0.4, -0.2) is 40.1 Å². The number of ether oxygens (including phenoxy) is 1. The number of nitrogens with one attached hydrogen (secondary N) is 2. The van der Waals surface area contributed by atoms with Crippen LogP contribution in [0.5, 0.6) is 5.75 Å². The molecule has 0 radical (unpaired) electrons. The lowest BCUT2D eigenvalue weighted by molar-refractivity contribution is -0.121. The highest BCUT2D eigenvalue weighted by atomic mass is 32.2. The summed E-state index contributed by atoms with van der Waals surface area (Å²) in [4.78, 5) is 17.9. The number of para-hydroxylation sites is 1. The number of methoxy groups -OCH3 is 1. The van der Waals surface area contributed by atoms with Crippen molar-refractivity contribution < 1.29 is 9.53 Å². The molecule has 0 saturated carbocycles. The number of hydrogen-bond donors (Lipinski definition) is 2. The van der Waals surface area contributed by atoms with Gasteiger partial charge in [-0.3, -0.25) is 4.79 Å². The maximum absolute atomic E-state index is 13.3. The van der Waals surface area contributed by atoms with Gasteiger partial charge in [0.1, 0.15) is 5.75 Å². The number of nitrogens with zero attached hydrogens (tertiary/aromatic N) is 3. The summed E-state index contributed by atoms with van der Waals surface area (Å²) in [6, 6.07) is 16.8. The molecular weight excluding hydrogens is 386 g/mol. The molecule has 0 spiro atoms. The van der Waals surface area contributed by atoms with Gasteiger partial charge < -0.3 is 15.4 Å². The van der Waals surface area contributed by atoms with Crippen molar-refractivity contribution >= 4 is 29.3 Å². The van der Waals surface area contributed by atoms with Crippen molar-refractivity contribution in [1.29, 1.82) is 0 Å². The number of thioether (sulfide) groups is 1. The zero-order valence-corrected chi connectivity index (χ0v) is 17.3.